The summed E-state index contributed by atoms with van der Waals surface area (Å²) in [6.07, 6.45) is 1.66. The highest BCUT2D eigenvalue weighted by atomic mass is 79.9. The van der Waals surface area contributed by atoms with E-state index in [1.807, 2.05) is 6.07 Å². The van der Waals surface area contributed by atoms with Crippen LogP contribution in [0.1, 0.15) is 12.0 Å². The molecule has 6 heteroatoms. The van der Waals surface area contributed by atoms with Crippen LogP contribution in [0.4, 0.5) is 13.2 Å². The number of hydrogen-bond donors (Lipinski definition) is 0. The third kappa shape index (κ3) is 4.67. The van der Waals surface area contributed by atoms with Crippen LogP contribution in [0.3, 0.4) is 0 Å². The predicted octanol–water partition coefficient (Wildman–Crippen LogP) is 5.39. The highest BCUT2D eigenvalue weighted by molar-refractivity contribution is 9.10. The van der Waals surface area contributed by atoms with E-state index in [1.54, 1.807) is 6.07 Å². The molecule has 1 aromatic carbocycles. The average molecular weight is 378 g/mol. The van der Waals surface area contributed by atoms with Gasteiger partial charge in [-0.25, -0.2) is 0 Å². The van der Waals surface area contributed by atoms with E-state index in [9.17, 15) is 13.2 Å². The molecule has 0 unspecified atom stereocenters. The van der Waals surface area contributed by atoms with Crippen molar-refractivity contribution in [3.63, 3.8) is 0 Å². The Bertz CT molecular complexity index is 352. The SMILES string of the molecule is FC(F)(F)Sc1cccc(CCCBr)c1Br. The van der Waals surface area contributed by atoms with Gasteiger partial charge in [0.15, 0.2) is 0 Å². The molecule has 0 aliphatic heterocycles. The van der Waals surface area contributed by atoms with Crippen molar-refractivity contribution >= 4 is 43.6 Å². The second-order valence-corrected chi connectivity index (χ2v) is 5.76. The molecule has 0 N–H and O–H groups in total. The van der Waals surface area contributed by atoms with Crippen molar-refractivity contribution in [2.24, 2.45) is 0 Å². The van der Waals surface area contributed by atoms with Gasteiger partial charge in [0.2, 0.25) is 0 Å². The lowest BCUT2D eigenvalue weighted by molar-refractivity contribution is -0.0328. The maximum atomic E-state index is 12.2. The first kappa shape index (κ1) is 14.4. The summed E-state index contributed by atoms with van der Waals surface area (Å²) < 4.78 is 37.3. The summed E-state index contributed by atoms with van der Waals surface area (Å²) in [5.74, 6) is 0. The fourth-order valence-corrected chi connectivity index (χ4v) is 2.81. The van der Waals surface area contributed by atoms with E-state index in [0.717, 1.165) is 23.7 Å². The van der Waals surface area contributed by atoms with Gasteiger partial charge in [-0.05, 0) is 52.2 Å². The Kier molecular flexibility index (Phi) is 5.67. The normalized spacial score (nSPS) is 11.8. The summed E-state index contributed by atoms with van der Waals surface area (Å²) in [5, 5.41) is 0.843. The minimum absolute atomic E-state index is 0.0836. The highest BCUT2D eigenvalue weighted by Gasteiger charge is 2.30. The van der Waals surface area contributed by atoms with Gasteiger partial charge in [0.1, 0.15) is 0 Å². The Morgan fingerprint density at radius 1 is 1.25 bits per heavy atom. The number of hydrogen-bond acceptors (Lipinski definition) is 1. The lowest BCUT2D eigenvalue weighted by Gasteiger charge is -2.10. The van der Waals surface area contributed by atoms with Gasteiger partial charge in [0, 0.05) is 14.7 Å². The first-order valence-electron chi connectivity index (χ1n) is 4.53. The molecule has 0 bridgehead atoms. The summed E-state index contributed by atoms with van der Waals surface area (Å²) in [7, 11) is 0. The Hall–Kier alpha value is 0.320. The van der Waals surface area contributed by atoms with Gasteiger partial charge < -0.3 is 0 Å². The maximum Gasteiger partial charge on any atom is 0.446 e. The fourth-order valence-electron chi connectivity index (χ4n) is 1.21. The predicted molar refractivity (Wildman–Crippen MR) is 68.2 cm³/mol. The summed E-state index contributed by atoms with van der Waals surface area (Å²) in [5.41, 5.74) is -3.33. The van der Waals surface area contributed by atoms with E-state index in [1.165, 1.54) is 6.07 Å². The van der Waals surface area contributed by atoms with E-state index >= 15 is 0 Å². The van der Waals surface area contributed by atoms with Crippen molar-refractivity contribution in [3.05, 3.63) is 28.2 Å². The topological polar surface area (TPSA) is 0 Å². The van der Waals surface area contributed by atoms with Gasteiger partial charge in [-0.3, -0.25) is 0 Å². The number of aryl methyl sites for hydroxylation is 1. The number of rotatable bonds is 4. The highest BCUT2D eigenvalue weighted by Crippen LogP contribution is 2.41. The van der Waals surface area contributed by atoms with E-state index in [0.29, 0.717) is 4.47 Å². The van der Waals surface area contributed by atoms with Crippen molar-refractivity contribution in [2.75, 3.05) is 5.33 Å². The molecule has 0 fully saturated rings. The molecule has 0 spiro atoms. The van der Waals surface area contributed by atoms with Gasteiger partial charge in [-0.2, -0.15) is 13.2 Å². The molecular formula is C10H9Br2F3S. The molecule has 0 nitrogen and oxygen atoms in total. The van der Waals surface area contributed by atoms with Crippen molar-refractivity contribution in [1.29, 1.82) is 0 Å². The molecule has 0 aromatic heterocycles. The van der Waals surface area contributed by atoms with Crippen LogP contribution in [-0.2, 0) is 6.42 Å². The van der Waals surface area contributed by atoms with Crippen molar-refractivity contribution in [3.8, 4) is 0 Å². The van der Waals surface area contributed by atoms with E-state index in [4.69, 9.17) is 0 Å². The molecule has 0 atom stereocenters. The maximum absolute atomic E-state index is 12.2. The van der Waals surface area contributed by atoms with Crippen LogP contribution in [0.5, 0.6) is 0 Å². The molecule has 0 amide bonds. The minimum Gasteiger partial charge on any atom is -0.160 e. The van der Waals surface area contributed by atoms with Crippen molar-refractivity contribution < 1.29 is 13.2 Å². The zero-order valence-corrected chi connectivity index (χ0v) is 12.1. The Morgan fingerprint density at radius 2 is 1.94 bits per heavy atom. The number of halogens is 5. The van der Waals surface area contributed by atoms with Crippen LogP contribution in [0.25, 0.3) is 0 Å². The molecule has 0 radical (unpaired) electrons. The van der Waals surface area contributed by atoms with Crippen LogP contribution in [0.2, 0.25) is 0 Å². The third-order valence-electron chi connectivity index (χ3n) is 1.85. The first-order valence-corrected chi connectivity index (χ1v) is 7.26. The first-order chi connectivity index (χ1) is 7.44. The standard InChI is InChI=1S/C10H9Br2F3S/c11-6-2-4-7-3-1-5-8(9(7)12)16-10(13,14)15/h1,3,5H,2,4,6H2. The monoisotopic (exact) mass is 376 g/mol. The second kappa shape index (κ2) is 6.31. The number of alkyl halides is 4. The lowest BCUT2D eigenvalue weighted by atomic mass is 10.1. The summed E-state index contributed by atoms with van der Waals surface area (Å²) in [4.78, 5) is 0.222. The summed E-state index contributed by atoms with van der Waals surface area (Å²) >= 11 is 6.44. The largest absolute Gasteiger partial charge is 0.446 e. The van der Waals surface area contributed by atoms with E-state index in [-0.39, 0.29) is 16.7 Å². The molecule has 0 saturated heterocycles. The molecule has 0 aliphatic carbocycles. The Balaban J connectivity index is 2.86. The average Bonchev–Trinajstić information content (AvgIpc) is 2.17. The van der Waals surface area contributed by atoms with E-state index in [2.05, 4.69) is 31.9 Å². The molecule has 90 valence electrons. The molecule has 0 aliphatic rings. The molecular weight excluding hydrogens is 369 g/mol. The van der Waals surface area contributed by atoms with Gasteiger partial charge in [-0.15, -0.1) is 0 Å². The molecule has 1 rings (SSSR count). The van der Waals surface area contributed by atoms with Crippen LogP contribution in [0.15, 0.2) is 27.6 Å². The van der Waals surface area contributed by atoms with Crippen LogP contribution in [0, 0.1) is 0 Å². The minimum atomic E-state index is -4.24. The summed E-state index contributed by atoms with van der Waals surface area (Å²) in [6, 6.07) is 4.97. The van der Waals surface area contributed by atoms with E-state index < -0.39 is 5.51 Å². The van der Waals surface area contributed by atoms with Gasteiger partial charge in [-0.1, -0.05) is 28.1 Å². The van der Waals surface area contributed by atoms with Gasteiger partial charge in [0.25, 0.3) is 0 Å². The zero-order valence-electron chi connectivity index (χ0n) is 8.15. The molecule has 0 saturated carbocycles. The quantitative estimate of drug-likeness (QED) is 0.500. The molecule has 0 heterocycles. The third-order valence-corrected chi connectivity index (χ3v) is 4.40. The summed E-state index contributed by atoms with van der Waals surface area (Å²) in [6.45, 7) is 0. The van der Waals surface area contributed by atoms with Gasteiger partial charge >= 0.3 is 5.51 Å². The number of thioether (sulfide) groups is 1. The molecule has 1 aromatic rings. The number of benzene rings is 1. The van der Waals surface area contributed by atoms with Crippen molar-refractivity contribution in [1.82, 2.24) is 0 Å². The fraction of sp³-hybridized carbons (Fsp3) is 0.400. The van der Waals surface area contributed by atoms with Crippen molar-refractivity contribution in [2.45, 2.75) is 23.2 Å². The lowest BCUT2D eigenvalue weighted by Crippen LogP contribution is -2.00. The van der Waals surface area contributed by atoms with Gasteiger partial charge in [0.05, 0.1) is 0 Å². The Labute approximate surface area is 113 Å². The van der Waals surface area contributed by atoms with Crippen LogP contribution >= 0.6 is 43.6 Å². The van der Waals surface area contributed by atoms with Crippen LogP contribution in [-0.4, -0.2) is 10.8 Å². The Morgan fingerprint density at radius 3 is 2.50 bits per heavy atom. The molecule has 16 heavy (non-hydrogen) atoms. The smallest absolute Gasteiger partial charge is 0.160 e. The second-order valence-electron chi connectivity index (χ2n) is 3.07. The zero-order chi connectivity index (χ0) is 12.2. The van der Waals surface area contributed by atoms with Crippen LogP contribution < -0.4 is 0 Å².